The van der Waals surface area contributed by atoms with Gasteiger partial charge >= 0.3 is 0 Å². The lowest BCUT2D eigenvalue weighted by molar-refractivity contribution is 0.104. The number of allylic oxidation sites excluding steroid dienone is 1. The van der Waals surface area contributed by atoms with Gasteiger partial charge in [0.15, 0.2) is 17.3 Å². The van der Waals surface area contributed by atoms with Gasteiger partial charge < -0.3 is 14.2 Å². The molecule has 0 aliphatic heterocycles. The van der Waals surface area contributed by atoms with Crippen molar-refractivity contribution in [3.8, 4) is 17.2 Å². The normalized spacial score (nSPS) is 10.7. The summed E-state index contributed by atoms with van der Waals surface area (Å²) in [5, 5.41) is 0. The molecule has 4 nitrogen and oxygen atoms in total. The Kier molecular flexibility index (Phi) is 6.32. The van der Waals surface area contributed by atoms with Crippen LogP contribution in [0.1, 0.15) is 15.9 Å². The van der Waals surface area contributed by atoms with Crippen molar-refractivity contribution in [1.29, 1.82) is 0 Å². The summed E-state index contributed by atoms with van der Waals surface area (Å²) in [5.74, 6) is 1.56. The Bertz CT molecular complexity index is 711. The van der Waals surface area contributed by atoms with E-state index in [1.54, 1.807) is 51.3 Å². The highest BCUT2D eigenvalue weighted by atomic mass is 32.2. The molecule has 0 fully saturated rings. The molecule has 0 aliphatic carbocycles. The molecule has 2 aromatic carbocycles. The third-order valence-corrected chi connectivity index (χ3v) is 4.23. The van der Waals surface area contributed by atoms with Crippen molar-refractivity contribution in [2.45, 2.75) is 4.90 Å². The first-order valence-corrected chi connectivity index (χ1v) is 8.52. The highest BCUT2D eigenvalue weighted by Gasteiger charge is 2.12. The number of thioether (sulfide) groups is 1. The zero-order valence-corrected chi connectivity index (χ0v) is 15.0. The van der Waals surface area contributed by atoms with Crippen LogP contribution in [0.15, 0.2) is 47.4 Å². The summed E-state index contributed by atoms with van der Waals surface area (Å²) in [6.07, 6.45) is 5.27. The first kappa shape index (κ1) is 17.9. The van der Waals surface area contributed by atoms with Gasteiger partial charge in [0, 0.05) is 10.5 Å². The average Bonchev–Trinajstić information content (AvgIpc) is 2.65. The summed E-state index contributed by atoms with van der Waals surface area (Å²) in [5.41, 5.74) is 1.44. The second kappa shape index (κ2) is 8.45. The predicted molar refractivity (Wildman–Crippen MR) is 97.7 cm³/mol. The number of benzene rings is 2. The minimum atomic E-state index is -0.0589. The Morgan fingerprint density at radius 3 is 2.00 bits per heavy atom. The monoisotopic (exact) mass is 344 g/mol. The zero-order chi connectivity index (χ0) is 17.5. The van der Waals surface area contributed by atoms with E-state index in [0.717, 1.165) is 10.5 Å². The smallest absolute Gasteiger partial charge is 0.203 e. The Morgan fingerprint density at radius 2 is 1.54 bits per heavy atom. The van der Waals surface area contributed by atoms with Crippen molar-refractivity contribution >= 4 is 23.6 Å². The molecular weight excluding hydrogens is 324 g/mol. The fraction of sp³-hybridized carbons (Fsp3) is 0.211. The van der Waals surface area contributed by atoms with Gasteiger partial charge in [-0.15, -0.1) is 11.8 Å². The fourth-order valence-corrected chi connectivity index (χ4v) is 2.63. The van der Waals surface area contributed by atoms with Crippen LogP contribution in [0.25, 0.3) is 6.08 Å². The molecule has 126 valence electrons. The van der Waals surface area contributed by atoms with E-state index in [0.29, 0.717) is 22.8 Å². The molecule has 0 heterocycles. The van der Waals surface area contributed by atoms with E-state index in [9.17, 15) is 4.79 Å². The lowest BCUT2D eigenvalue weighted by Gasteiger charge is -2.12. The average molecular weight is 344 g/mol. The largest absolute Gasteiger partial charge is 0.493 e. The highest BCUT2D eigenvalue weighted by molar-refractivity contribution is 7.98. The molecule has 24 heavy (non-hydrogen) atoms. The van der Waals surface area contributed by atoms with Gasteiger partial charge in [0.1, 0.15) is 0 Å². The molecule has 5 heteroatoms. The topological polar surface area (TPSA) is 44.8 Å². The Hall–Kier alpha value is -2.40. The molecular formula is C19H20O4S. The van der Waals surface area contributed by atoms with Crippen LogP contribution in [0, 0.1) is 0 Å². The van der Waals surface area contributed by atoms with Crippen LogP contribution < -0.4 is 14.2 Å². The van der Waals surface area contributed by atoms with E-state index >= 15 is 0 Å². The van der Waals surface area contributed by atoms with Gasteiger partial charge in [-0.3, -0.25) is 4.79 Å². The molecule has 0 saturated heterocycles. The third kappa shape index (κ3) is 4.11. The number of carbonyl (C=O) groups excluding carboxylic acids is 1. The van der Waals surface area contributed by atoms with E-state index in [4.69, 9.17) is 14.2 Å². The van der Waals surface area contributed by atoms with Crippen LogP contribution in [0.4, 0.5) is 0 Å². The lowest BCUT2D eigenvalue weighted by atomic mass is 10.1. The summed E-state index contributed by atoms with van der Waals surface area (Å²) in [6, 6.07) is 11.1. The molecule has 0 amide bonds. The van der Waals surface area contributed by atoms with E-state index in [1.807, 2.05) is 30.5 Å². The second-order valence-electron chi connectivity index (χ2n) is 4.88. The standard InChI is InChI=1S/C19H20O4S/c1-21-17-11-13(12-18(22-2)19(17)23-3)5-10-16(20)14-6-8-15(24-4)9-7-14/h5-12H,1-4H3. The number of hydrogen-bond donors (Lipinski definition) is 0. The van der Waals surface area contributed by atoms with Crippen LogP contribution >= 0.6 is 11.8 Å². The van der Waals surface area contributed by atoms with Crippen molar-refractivity contribution in [1.82, 2.24) is 0 Å². The summed E-state index contributed by atoms with van der Waals surface area (Å²) >= 11 is 1.64. The first-order chi connectivity index (χ1) is 11.6. The van der Waals surface area contributed by atoms with Crippen molar-refractivity contribution in [2.75, 3.05) is 27.6 Å². The molecule has 0 saturated carbocycles. The maximum absolute atomic E-state index is 12.3. The van der Waals surface area contributed by atoms with Gasteiger partial charge in [-0.2, -0.15) is 0 Å². The number of carbonyl (C=O) groups is 1. The molecule has 0 N–H and O–H groups in total. The van der Waals surface area contributed by atoms with Gasteiger partial charge in [-0.05, 0) is 54.3 Å². The van der Waals surface area contributed by atoms with Crippen LogP contribution in [-0.2, 0) is 0 Å². The molecule has 0 spiro atoms. The quantitative estimate of drug-likeness (QED) is 0.425. The van der Waals surface area contributed by atoms with Gasteiger partial charge in [-0.1, -0.05) is 6.08 Å². The molecule has 2 rings (SSSR count). The van der Waals surface area contributed by atoms with Gasteiger partial charge in [-0.25, -0.2) is 0 Å². The van der Waals surface area contributed by atoms with Crippen LogP contribution in [0.2, 0.25) is 0 Å². The molecule has 0 bridgehead atoms. The lowest BCUT2D eigenvalue weighted by Crippen LogP contribution is -1.96. The van der Waals surface area contributed by atoms with E-state index in [1.165, 1.54) is 6.08 Å². The SMILES string of the molecule is COc1cc(C=CC(=O)c2ccc(SC)cc2)cc(OC)c1OC. The number of methoxy groups -OCH3 is 3. The predicted octanol–water partition coefficient (Wildman–Crippen LogP) is 4.33. The van der Waals surface area contributed by atoms with Gasteiger partial charge in [0.05, 0.1) is 21.3 Å². The number of rotatable bonds is 7. The summed E-state index contributed by atoms with van der Waals surface area (Å²) < 4.78 is 15.9. The summed E-state index contributed by atoms with van der Waals surface area (Å²) in [6.45, 7) is 0. The summed E-state index contributed by atoms with van der Waals surface area (Å²) in [7, 11) is 4.67. The second-order valence-corrected chi connectivity index (χ2v) is 5.76. The van der Waals surface area contributed by atoms with Crippen LogP contribution in [0.5, 0.6) is 17.2 Å². The minimum absolute atomic E-state index is 0.0589. The van der Waals surface area contributed by atoms with Gasteiger partial charge in [0.2, 0.25) is 5.75 Å². The molecule has 0 radical (unpaired) electrons. The van der Waals surface area contributed by atoms with Crippen molar-refractivity contribution < 1.29 is 19.0 Å². The molecule has 0 aliphatic rings. The maximum Gasteiger partial charge on any atom is 0.203 e. The van der Waals surface area contributed by atoms with Crippen molar-refractivity contribution in [3.63, 3.8) is 0 Å². The van der Waals surface area contributed by atoms with Crippen LogP contribution in [-0.4, -0.2) is 33.4 Å². The molecule has 0 aromatic heterocycles. The van der Waals surface area contributed by atoms with Crippen molar-refractivity contribution in [3.05, 3.63) is 53.6 Å². The van der Waals surface area contributed by atoms with E-state index in [-0.39, 0.29) is 5.78 Å². The number of ketones is 1. The summed E-state index contributed by atoms with van der Waals surface area (Å²) in [4.78, 5) is 13.4. The van der Waals surface area contributed by atoms with E-state index < -0.39 is 0 Å². The Labute approximate surface area is 146 Å². The highest BCUT2D eigenvalue weighted by Crippen LogP contribution is 2.38. The van der Waals surface area contributed by atoms with Crippen molar-refractivity contribution in [2.24, 2.45) is 0 Å². The third-order valence-electron chi connectivity index (χ3n) is 3.49. The Morgan fingerprint density at radius 1 is 0.958 bits per heavy atom. The number of ether oxygens (including phenoxy) is 3. The molecule has 0 atom stereocenters. The van der Waals surface area contributed by atoms with E-state index in [2.05, 4.69) is 0 Å². The maximum atomic E-state index is 12.3. The fourth-order valence-electron chi connectivity index (χ4n) is 2.22. The van der Waals surface area contributed by atoms with Crippen LogP contribution in [0.3, 0.4) is 0 Å². The number of hydrogen-bond acceptors (Lipinski definition) is 5. The molecule has 0 unspecified atom stereocenters. The zero-order valence-electron chi connectivity index (χ0n) is 14.2. The molecule has 2 aromatic rings. The minimum Gasteiger partial charge on any atom is -0.493 e. The Balaban J connectivity index is 2.25. The van der Waals surface area contributed by atoms with Gasteiger partial charge in [0.25, 0.3) is 0 Å². The first-order valence-electron chi connectivity index (χ1n) is 7.29.